The predicted molar refractivity (Wildman–Crippen MR) is 111 cm³/mol. The van der Waals surface area contributed by atoms with Gasteiger partial charge in [0.2, 0.25) is 0 Å². The van der Waals surface area contributed by atoms with Gasteiger partial charge in [-0.3, -0.25) is 4.79 Å². The zero-order valence-electron chi connectivity index (χ0n) is 16.5. The summed E-state index contributed by atoms with van der Waals surface area (Å²) >= 11 is 6.15. The Kier molecular flexibility index (Phi) is 6.34. The molecule has 0 spiro atoms. The van der Waals surface area contributed by atoms with Crippen molar-refractivity contribution in [3.8, 4) is 5.69 Å². The Hall–Kier alpha value is -3.12. The van der Waals surface area contributed by atoms with E-state index >= 15 is 0 Å². The summed E-state index contributed by atoms with van der Waals surface area (Å²) in [7, 11) is 0. The minimum absolute atomic E-state index is 0.306. The Morgan fingerprint density at radius 2 is 1.76 bits per heavy atom. The number of nitrogens with zero attached hydrogens (tertiary/aromatic N) is 2. The van der Waals surface area contributed by atoms with Crippen LogP contribution in [0.2, 0.25) is 5.02 Å². The van der Waals surface area contributed by atoms with Gasteiger partial charge in [-0.05, 0) is 44.5 Å². The molecule has 1 heterocycles. The highest BCUT2D eigenvalue weighted by Gasteiger charge is 2.22. The Morgan fingerprint density at radius 3 is 2.45 bits per heavy atom. The average Bonchev–Trinajstić information content (AvgIpc) is 3.01. The lowest BCUT2D eigenvalue weighted by atomic mass is 10.1. The largest absolute Gasteiger partial charge is 0.452 e. The average molecular weight is 412 g/mol. The van der Waals surface area contributed by atoms with E-state index in [-0.39, 0.29) is 12.6 Å². The number of carbonyl (C=O) groups is 2. The molecule has 0 aliphatic carbocycles. The summed E-state index contributed by atoms with van der Waals surface area (Å²) in [6, 6.07) is 16.5. The maximum atomic E-state index is 12.6. The van der Waals surface area contributed by atoms with Crippen LogP contribution >= 0.6 is 11.6 Å². The van der Waals surface area contributed by atoms with E-state index in [4.69, 9.17) is 16.3 Å². The number of esters is 1. The smallest absolute Gasteiger partial charge is 0.342 e. The molecule has 1 aromatic heterocycles. The van der Waals surface area contributed by atoms with Gasteiger partial charge in [-0.1, -0.05) is 48.0 Å². The van der Waals surface area contributed by atoms with Gasteiger partial charge in [0, 0.05) is 5.02 Å². The molecule has 1 N–H and O–H groups in total. The van der Waals surface area contributed by atoms with Crippen molar-refractivity contribution in [1.82, 2.24) is 15.1 Å². The topological polar surface area (TPSA) is 73.2 Å². The standard InChI is InChI=1S/C22H22ClN3O3/c1-14(18-11-7-8-12-19(18)23)24-20(27)13-29-22(28)21-15(2)25-26(16(21)3)17-9-5-4-6-10-17/h4-12,14H,13H2,1-3H3,(H,24,27)/t14-/m1/s1. The summed E-state index contributed by atoms with van der Waals surface area (Å²) in [5.74, 6) is -0.987. The van der Waals surface area contributed by atoms with Crippen LogP contribution in [0.3, 0.4) is 0 Å². The number of halogens is 1. The first kappa shape index (κ1) is 20.6. The summed E-state index contributed by atoms with van der Waals surface area (Å²) in [5.41, 5.74) is 3.20. The van der Waals surface area contributed by atoms with Gasteiger partial charge in [0.1, 0.15) is 5.56 Å². The van der Waals surface area contributed by atoms with E-state index in [1.807, 2.05) is 55.5 Å². The minimum atomic E-state index is -0.581. The number of carbonyl (C=O) groups excluding carboxylic acids is 2. The maximum Gasteiger partial charge on any atom is 0.342 e. The third kappa shape index (κ3) is 4.66. The van der Waals surface area contributed by atoms with Crippen LogP contribution in [-0.2, 0) is 9.53 Å². The highest BCUT2D eigenvalue weighted by Crippen LogP contribution is 2.22. The molecule has 2 aromatic carbocycles. The normalized spacial score (nSPS) is 11.7. The molecule has 1 atom stereocenters. The van der Waals surface area contributed by atoms with Crippen molar-refractivity contribution in [3.63, 3.8) is 0 Å². The van der Waals surface area contributed by atoms with Gasteiger partial charge in [-0.2, -0.15) is 5.10 Å². The Morgan fingerprint density at radius 1 is 1.10 bits per heavy atom. The summed E-state index contributed by atoms with van der Waals surface area (Å²) in [4.78, 5) is 24.8. The van der Waals surface area contributed by atoms with E-state index < -0.39 is 11.9 Å². The van der Waals surface area contributed by atoms with Crippen LogP contribution in [0.5, 0.6) is 0 Å². The number of aryl methyl sites for hydroxylation is 1. The number of aromatic nitrogens is 2. The Balaban J connectivity index is 1.65. The fourth-order valence-corrected chi connectivity index (χ4v) is 3.45. The molecule has 3 rings (SSSR count). The van der Waals surface area contributed by atoms with Crippen LogP contribution in [0.4, 0.5) is 0 Å². The van der Waals surface area contributed by atoms with Crippen molar-refractivity contribution in [2.45, 2.75) is 26.8 Å². The molecule has 0 saturated carbocycles. The molecule has 3 aromatic rings. The third-order valence-corrected chi connectivity index (χ3v) is 4.92. The fraction of sp³-hybridized carbons (Fsp3) is 0.227. The summed E-state index contributed by atoms with van der Waals surface area (Å²) in [5, 5.41) is 7.78. The van der Waals surface area contributed by atoms with E-state index in [9.17, 15) is 9.59 Å². The molecule has 0 aliphatic rings. The molecule has 29 heavy (non-hydrogen) atoms. The second-order valence-corrected chi connectivity index (χ2v) is 7.09. The molecule has 1 amide bonds. The molecule has 150 valence electrons. The molecule has 6 nitrogen and oxygen atoms in total. The maximum absolute atomic E-state index is 12.6. The van der Waals surface area contributed by atoms with Crippen molar-refractivity contribution in [3.05, 3.63) is 82.1 Å². The molecule has 0 aliphatic heterocycles. The lowest BCUT2D eigenvalue weighted by molar-refractivity contribution is -0.124. The second kappa shape index (κ2) is 8.92. The predicted octanol–water partition coefficient (Wildman–Crippen LogP) is 4.18. The first-order chi connectivity index (χ1) is 13.9. The van der Waals surface area contributed by atoms with Crippen molar-refractivity contribution in [1.29, 1.82) is 0 Å². The molecule has 0 radical (unpaired) electrons. The zero-order valence-corrected chi connectivity index (χ0v) is 17.2. The van der Waals surface area contributed by atoms with E-state index in [0.29, 0.717) is 22.0 Å². The van der Waals surface area contributed by atoms with Crippen molar-refractivity contribution in [2.24, 2.45) is 0 Å². The SMILES string of the molecule is Cc1nn(-c2ccccc2)c(C)c1C(=O)OCC(=O)N[C@H](C)c1ccccc1Cl. The fourth-order valence-electron chi connectivity index (χ4n) is 3.15. The summed E-state index contributed by atoms with van der Waals surface area (Å²) < 4.78 is 6.92. The van der Waals surface area contributed by atoms with Crippen LogP contribution in [-0.4, -0.2) is 28.3 Å². The van der Waals surface area contributed by atoms with E-state index in [2.05, 4.69) is 10.4 Å². The van der Waals surface area contributed by atoms with Gasteiger partial charge in [0.15, 0.2) is 6.61 Å². The number of amides is 1. The molecular formula is C22H22ClN3O3. The molecule has 7 heteroatoms. The summed E-state index contributed by atoms with van der Waals surface area (Å²) in [6.07, 6.45) is 0. The Bertz CT molecular complexity index is 1030. The Labute approximate surface area is 174 Å². The number of hydrogen-bond donors (Lipinski definition) is 1. The number of hydrogen-bond acceptors (Lipinski definition) is 4. The van der Waals surface area contributed by atoms with E-state index in [0.717, 1.165) is 11.3 Å². The van der Waals surface area contributed by atoms with Crippen molar-refractivity contribution in [2.75, 3.05) is 6.61 Å². The van der Waals surface area contributed by atoms with Crippen molar-refractivity contribution < 1.29 is 14.3 Å². The van der Waals surface area contributed by atoms with Crippen LogP contribution in [0.1, 0.15) is 40.3 Å². The molecular weight excluding hydrogens is 390 g/mol. The van der Waals surface area contributed by atoms with Gasteiger partial charge in [0.25, 0.3) is 5.91 Å². The zero-order chi connectivity index (χ0) is 21.0. The second-order valence-electron chi connectivity index (χ2n) is 6.68. The molecule has 0 saturated heterocycles. The first-order valence-electron chi connectivity index (χ1n) is 9.21. The van der Waals surface area contributed by atoms with Gasteiger partial charge in [-0.15, -0.1) is 0 Å². The summed E-state index contributed by atoms with van der Waals surface area (Å²) in [6.45, 7) is 4.97. The van der Waals surface area contributed by atoms with Crippen LogP contribution in [0.25, 0.3) is 5.69 Å². The van der Waals surface area contributed by atoms with Crippen LogP contribution in [0.15, 0.2) is 54.6 Å². The molecule has 0 fully saturated rings. The number of para-hydroxylation sites is 1. The monoisotopic (exact) mass is 411 g/mol. The lowest BCUT2D eigenvalue weighted by Gasteiger charge is -2.15. The third-order valence-electron chi connectivity index (χ3n) is 4.58. The first-order valence-corrected chi connectivity index (χ1v) is 9.59. The van der Waals surface area contributed by atoms with Crippen LogP contribution < -0.4 is 5.32 Å². The molecule has 0 bridgehead atoms. The van der Waals surface area contributed by atoms with Gasteiger partial charge in [-0.25, -0.2) is 9.48 Å². The quantitative estimate of drug-likeness (QED) is 0.617. The van der Waals surface area contributed by atoms with Gasteiger partial charge in [0.05, 0.1) is 23.1 Å². The molecule has 0 unspecified atom stereocenters. The van der Waals surface area contributed by atoms with E-state index in [1.165, 1.54) is 0 Å². The number of benzene rings is 2. The lowest BCUT2D eigenvalue weighted by Crippen LogP contribution is -2.31. The minimum Gasteiger partial charge on any atom is -0.452 e. The number of ether oxygens (including phenoxy) is 1. The van der Waals surface area contributed by atoms with Crippen LogP contribution in [0, 0.1) is 13.8 Å². The highest BCUT2D eigenvalue weighted by atomic mass is 35.5. The van der Waals surface area contributed by atoms with E-state index in [1.54, 1.807) is 24.6 Å². The number of rotatable bonds is 6. The van der Waals surface area contributed by atoms with Gasteiger partial charge >= 0.3 is 5.97 Å². The number of nitrogens with one attached hydrogen (secondary N) is 1. The van der Waals surface area contributed by atoms with Crippen molar-refractivity contribution >= 4 is 23.5 Å². The van der Waals surface area contributed by atoms with Gasteiger partial charge < -0.3 is 10.1 Å². The highest BCUT2D eigenvalue weighted by molar-refractivity contribution is 6.31.